The van der Waals surface area contributed by atoms with Gasteiger partial charge < -0.3 is 36.7 Å². The van der Waals surface area contributed by atoms with Crippen molar-refractivity contribution in [2.75, 3.05) is 17.7 Å². The molecule has 0 aliphatic rings. The van der Waals surface area contributed by atoms with Gasteiger partial charge in [-0.25, -0.2) is 23.9 Å². The number of amides is 1. The molecule has 19 heteroatoms. The number of carbonyl (C=O) groups is 3. The van der Waals surface area contributed by atoms with Crippen molar-refractivity contribution in [2.24, 2.45) is 5.73 Å². The summed E-state index contributed by atoms with van der Waals surface area (Å²) in [4.78, 5) is 41.7. The van der Waals surface area contributed by atoms with Crippen LogP contribution in [0.15, 0.2) is 79.1 Å². The molecule has 270 valence electrons. The monoisotopic (exact) mass is 724 g/mol. The second-order valence-corrected chi connectivity index (χ2v) is 10.0. The van der Waals surface area contributed by atoms with E-state index in [1.807, 2.05) is 31.2 Å². The van der Waals surface area contributed by atoms with E-state index in [4.69, 9.17) is 36.0 Å². The molecule has 5 rings (SSSR count). The maximum Gasteiger partial charge on any atom is 0.490 e. The van der Waals surface area contributed by atoms with Crippen LogP contribution in [0, 0.1) is 5.82 Å². The normalized spacial score (nSPS) is 11.7. The van der Waals surface area contributed by atoms with Crippen LogP contribution >= 0.6 is 0 Å². The van der Waals surface area contributed by atoms with Crippen LogP contribution in [0.4, 0.5) is 42.2 Å². The number of fused-ring (bicyclic) bond motifs is 1. The van der Waals surface area contributed by atoms with Gasteiger partial charge in [0, 0.05) is 34.0 Å². The maximum absolute atomic E-state index is 15.2. The number of halogens is 7. The fourth-order valence-electron chi connectivity index (χ4n) is 4.30. The number of anilines is 2. The molecule has 0 spiro atoms. The number of H-pyrrole nitrogens is 1. The second-order valence-electron chi connectivity index (χ2n) is 10.0. The SMILES string of the molecule is CCOc1ccc(F)c(C(Nc2ccc3c(N)nccc3c2)c2ncc(-c3ccccc3C(N)=O)[nH]2)c1.O=C(O)C(F)(F)F.O=C(O)C(F)(F)F. The molecule has 0 saturated heterocycles. The van der Waals surface area contributed by atoms with Crippen LogP contribution in [0.1, 0.15) is 34.7 Å². The highest BCUT2D eigenvalue weighted by atomic mass is 19.4. The number of nitrogens with one attached hydrogen (secondary N) is 2. The molecule has 5 aromatic rings. The number of carbonyl (C=O) groups excluding carboxylic acids is 1. The Morgan fingerprint density at radius 3 is 2.14 bits per heavy atom. The lowest BCUT2D eigenvalue weighted by molar-refractivity contribution is -0.193. The number of carboxylic acids is 2. The number of rotatable bonds is 8. The standard InChI is InChI=1S/C28H25FN6O2.2C2HF3O2/c1-2-37-18-8-10-23(29)22(14-18)25(34-17-7-9-19-16(13-17)11-12-32-26(19)30)28-33-15-24(35-28)20-5-3-4-6-21(20)27(31)36;2*3-2(4,5)1(6)7/h3-15,25,34H,2H2,1H3,(H2,30,32)(H2,31,36)(H,33,35);2*(H,6,7). The van der Waals surface area contributed by atoms with Crippen molar-refractivity contribution in [1.82, 2.24) is 15.0 Å². The van der Waals surface area contributed by atoms with Gasteiger partial charge in [0.05, 0.1) is 18.5 Å². The number of aromatic amines is 1. The van der Waals surface area contributed by atoms with Crippen LogP contribution in [-0.2, 0) is 9.59 Å². The molecule has 0 aliphatic heterocycles. The van der Waals surface area contributed by atoms with Crippen LogP contribution in [0.25, 0.3) is 22.0 Å². The van der Waals surface area contributed by atoms with Gasteiger partial charge in [-0.05, 0) is 60.8 Å². The second kappa shape index (κ2) is 16.3. The van der Waals surface area contributed by atoms with Crippen molar-refractivity contribution in [1.29, 1.82) is 0 Å². The zero-order valence-electron chi connectivity index (χ0n) is 26.0. The van der Waals surface area contributed by atoms with Gasteiger partial charge in [0.15, 0.2) is 0 Å². The Bertz CT molecular complexity index is 1990. The number of aliphatic carboxylic acids is 2. The summed E-state index contributed by atoms with van der Waals surface area (Å²) in [7, 11) is 0. The van der Waals surface area contributed by atoms with Gasteiger partial charge in [-0.2, -0.15) is 26.3 Å². The van der Waals surface area contributed by atoms with Crippen molar-refractivity contribution in [3.05, 3.63) is 102 Å². The molecule has 12 nitrogen and oxygen atoms in total. The molecule has 1 atom stereocenters. The number of nitrogen functional groups attached to an aromatic ring is 1. The Kier molecular flexibility index (Phi) is 12.5. The molecule has 51 heavy (non-hydrogen) atoms. The summed E-state index contributed by atoms with van der Waals surface area (Å²) < 4.78 is 84.3. The molecule has 2 heterocycles. The minimum absolute atomic E-state index is 0.337. The number of primary amides is 1. The van der Waals surface area contributed by atoms with Crippen molar-refractivity contribution in [2.45, 2.75) is 25.3 Å². The number of carboxylic acid groups (broad SMARTS) is 2. The lowest BCUT2D eigenvalue weighted by atomic mass is 10.0. The first-order valence-corrected chi connectivity index (χ1v) is 14.2. The molecule has 0 radical (unpaired) electrons. The van der Waals surface area contributed by atoms with Crippen molar-refractivity contribution in [3.63, 3.8) is 0 Å². The Morgan fingerprint density at radius 1 is 0.922 bits per heavy atom. The Morgan fingerprint density at radius 2 is 1.55 bits per heavy atom. The van der Waals surface area contributed by atoms with Gasteiger partial charge >= 0.3 is 24.3 Å². The number of nitrogens with zero attached hydrogens (tertiary/aromatic N) is 2. The molecular formula is C32H27F7N6O6. The van der Waals surface area contributed by atoms with Crippen molar-refractivity contribution in [3.8, 4) is 17.0 Å². The van der Waals surface area contributed by atoms with E-state index < -0.39 is 42.1 Å². The van der Waals surface area contributed by atoms with E-state index in [9.17, 15) is 31.1 Å². The highest BCUT2D eigenvalue weighted by Gasteiger charge is 2.39. The number of imidazole rings is 1. The van der Waals surface area contributed by atoms with Gasteiger partial charge in [-0.15, -0.1) is 0 Å². The van der Waals surface area contributed by atoms with Crippen LogP contribution in [0.2, 0.25) is 0 Å². The van der Waals surface area contributed by atoms with Crippen LogP contribution in [0.3, 0.4) is 0 Å². The number of ether oxygens (including phenoxy) is 1. The average molecular weight is 725 g/mol. The first kappa shape index (κ1) is 39.0. The first-order chi connectivity index (χ1) is 23.8. The summed E-state index contributed by atoms with van der Waals surface area (Å²) in [6.07, 6.45) is -6.93. The average Bonchev–Trinajstić information content (AvgIpc) is 3.54. The molecule has 0 bridgehead atoms. The lowest BCUT2D eigenvalue weighted by Gasteiger charge is -2.20. The highest BCUT2D eigenvalue weighted by molar-refractivity contribution is 5.99. The fourth-order valence-corrected chi connectivity index (χ4v) is 4.30. The third kappa shape index (κ3) is 10.5. The number of benzene rings is 3. The molecule has 0 saturated carbocycles. The van der Waals surface area contributed by atoms with Crippen molar-refractivity contribution >= 4 is 40.1 Å². The van der Waals surface area contributed by atoms with Gasteiger partial charge in [0.25, 0.3) is 0 Å². The zero-order chi connectivity index (χ0) is 38.1. The highest BCUT2D eigenvalue weighted by Crippen LogP contribution is 2.33. The number of hydrogen-bond acceptors (Lipinski definition) is 8. The molecule has 3 aromatic carbocycles. The third-order valence-corrected chi connectivity index (χ3v) is 6.53. The Labute approximate surface area is 282 Å². The van der Waals surface area contributed by atoms with Gasteiger partial charge in [0.1, 0.15) is 29.3 Å². The molecule has 8 N–H and O–H groups in total. The minimum Gasteiger partial charge on any atom is -0.494 e. The van der Waals surface area contributed by atoms with Crippen LogP contribution < -0.4 is 21.5 Å². The number of pyridine rings is 1. The van der Waals surface area contributed by atoms with Gasteiger partial charge in [0.2, 0.25) is 5.91 Å². The number of hydrogen-bond donors (Lipinski definition) is 6. The van der Waals surface area contributed by atoms with E-state index in [0.717, 1.165) is 16.5 Å². The van der Waals surface area contributed by atoms with E-state index in [1.165, 1.54) is 6.07 Å². The molecule has 0 fully saturated rings. The predicted octanol–water partition coefficient (Wildman–Crippen LogP) is 6.31. The number of aromatic nitrogens is 3. The predicted molar refractivity (Wildman–Crippen MR) is 169 cm³/mol. The molecule has 1 amide bonds. The first-order valence-electron chi connectivity index (χ1n) is 14.2. The lowest BCUT2D eigenvalue weighted by Crippen LogP contribution is -2.21. The number of alkyl halides is 6. The quantitative estimate of drug-likeness (QED) is 0.0983. The molecule has 1 unspecified atom stereocenters. The zero-order valence-corrected chi connectivity index (χ0v) is 26.0. The number of nitrogens with two attached hydrogens (primary N) is 2. The van der Waals surface area contributed by atoms with Crippen LogP contribution in [-0.4, -0.2) is 62.0 Å². The summed E-state index contributed by atoms with van der Waals surface area (Å²) in [5.74, 6) is -5.09. The molecule has 2 aromatic heterocycles. The van der Waals surface area contributed by atoms with E-state index in [1.54, 1.807) is 48.8 Å². The van der Waals surface area contributed by atoms with Gasteiger partial charge in [-0.3, -0.25) is 4.79 Å². The molecule has 0 aliphatic carbocycles. The van der Waals surface area contributed by atoms with Gasteiger partial charge in [-0.1, -0.05) is 18.2 Å². The topological polar surface area (TPSA) is 207 Å². The maximum atomic E-state index is 15.2. The fraction of sp³-hybridized carbons (Fsp3) is 0.156. The smallest absolute Gasteiger partial charge is 0.490 e. The third-order valence-electron chi connectivity index (χ3n) is 6.53. The largest absolute Gasteiger partial charge is 0.494 e. The van der Waals surface area contributed by atoms with Crippen LogP contribution in [0.5, 0.6) is 5.75 Å². The molecular weight excluding hydrogens is 697 g/mol. The summed E-state index contributed by atoms with van der Waals surface area (Å²) in [5, 5.41) is 19.3. The van der Waals surface area contributed by atoms with Crippen molar-refractivity contribution < 1.29 is 60.1 Å². The van der Waals surface area contributed by atoms with E-state index >= 15 is 4.39 Å². The Balaban J connectivity index is 0.000000424. The summed E-state index contributed by atoms with van der Waals surface area (Å²) in [6.45, 7) is 2.31. The summed E-state index contributed by atoms with van der Waals surface area (Å²) in [6, 6.07) is 18.3. The Hall–Kier alpha value is -6.40. The summed E-state index contributed by atoms with van der Waals surface area (Å²) >= 11 is 0. The minimum atomic E-state index is -5.08. The summed E-state index contributed by atoms with van der Waals surface area (Å²) in [5.41, 5.74) is 14.2. The van der Waals surface area contributed by atoms with E-state index in [-0.39, 0.29) is 0 Å². The van der Waals surface area contributed by atoms with E-state index in [2.05, 4.69) is 20.3 Å². The van der Waals surface area contributed by atoms with E-state index in [0.29, 0.717) is 46.4 Å².